The van der Waals surface area contributed by atoms with Crippen LogP contribution in [0.2, 0.25) is 0 Å². The number of carboxylic acids is 1. The van der Waals surface area contributed by atoms with Gasteiger partial charge in [-0.3, -0.25) is 19.2 Å². The van der Waals surface area contributed by atoms with Crippen molar-refractivity contribution in [3.63, 3.8) is 0 Å². The van der Waals surface area contributed by atoms with Gasteiger partial charge in [0.1, 0.15) is 5.60 Å². The minimum absolute atomic E-state index is 0.00741. The molecule has 0 bridgehead atoms. The molecule has 10 heteroatoms. The van der Waals surface area contributed by atoms with E-state index in [9.17, 15) is 29.4 Å². The van der Waals surface area contributed by atoms with Gasteiger partial charge in [0.2, 0.25) is 6.29 Å². The smallest absolute Gasteiger partial charge is 0.314 e. The predicted molar refractivity (Wildman–Crippen MR) is 173 cm³/mol. The molecule has 0 aromatic heterocycles. The van der Waals surface area contributed by atoms with E-state index in [1.807, 2.05) is 20.8 Å². The summed E-state index contributed by atoms with van der Waals surface area (Å²) >= 11 is 0. The highest BCUT2D eigenvalue weighted by Crippen LogP contribution is 2.48. The maximum absolute atomic E-state index is 13.9. The second-order valence-corrected chi connectivity index (χ2v) is 16.2. The van der Waals surface area contributed by atoms with E-state index in [1.165, 1.54) is 7.11 Å². The van der Waals surface area contributed by atoms with Crippen LogP contribution in [0.15, 0.2) is 0 Å². The van der Waals surface area contributed by atoms with Gasteiger partial charge in [0.15, 0.2) is 0 Å². The van der Waals surface area contributed by atoms with Gasteiger partial charge in [-0.15, -0.1) is 0 Å². The Morgan fingerprint density at radius 3 is 1.98 bits per heavy atom. The molecule has 0 radical (unpaired) electrons. The third kappa shape index (κ3) is 10.1. The Kier molecular flexibility index (Phi) is 13.7. The molecule has 0 aromatic rings. The summed E-state index contributed by atoms with van der Waals surface area (Å²) in [5.74, 6) is -2.30. The third-order valence-electron chi connectivity index (χ3n) is 10.8. The van der Waals surface area contributed by atoms with Crippen molar-refractivity contribution < 1.29 is 48.3 Å². The highest BCUT2D eigenvalue weighted by atomic mass is 16.7. The molecule has 266 valence electrons. The van der Waals surface area contributed by atoms with Crippen LogP contribution in [0, 0.1) is 33.5 Å². The van der Waals surface area contributed by atoms with Gasteiger partial charge in [0, 0.05) is 12.3 Å². The van der Waals surface area contributed by atoms with Crippen LogP contribution < -0.4 is 0 Å². The number of aliphatic hydroxyl groups is 1. The van der Waals surface area contributed by atoms with E-state index in [1.54, 1.807) is 34.6 Å². The first-order valence-corrected chi connectivity index (χ1v) is 17.2. The molecule has 7 atom stereocenters. The number of carbonyl (C=O) groups is 4. The Morgan fingerprint density at radius 2 is 1.46 bits per heavy atom. The molecule has 0 amide bonds. The molecule has 2 aliphatic rings. The van der Waals surface area contributed by atoms with Crippen LogP contribution >= 0.6 is 0 Å². The molecule has 1 aliphatic carbocycles. The van der Waals surface area contributed by atoms with E-state index >= 15 is 0 Å². The van der Waals surface area contributed by atoms with Crippen molar-refractivity contribution in [3.8, 4) is 0 Å². The lowest BCUT2D eigenvalue weighted by molar-refractivity contribution is -0.200. The zero-order chi connectivity index (χ0) is 35.1. The summed E-state index contributed by atoms with van der Waals surface area (Å²) in [6.07, 6.45) is 4.89. The van der Waals surface area contributed by atoms with E-state index in [2.05, 4.69) is 6.92 Å². The summed E-state index contributed by atoms with van der Waals surface area (Å²) in [5, 5.41) is 20.6. The van der Waals surface area contributed by atoms with E-state index in [-0.39, 0.29) is 25.2 Å². The number of hydrogen-bond acceptors (Lipinski definition) is 9. The maximum Gasteiger partial charge on any atom is 0.314 e. The number of aliphatic hydroxyl groups excluding tert-OH is 1. The second kappa shape index (κ2) is 15.8. The Balaban J connectivity index is 2.35. The molecule has 0 aromatic carbocycles. The van der Waals surface area contributed by atoms with E-state index in [4.69, 9.17) is 18.9 Å². The fraction of sp³-hybridized carbons (Fsp3) is 0.889. The molecule has 10 nitrogen and oxygen atoms in total. The average molecular weight is 655 g/mol. The van der Waals surface area contributed by atoms with Crippen LogP contribution in [0.25, 0.3) is 0 Å². The number of hydrogen-bond donors (Lipinski definition) is 2. The fourth-order valence-corrected chi connectivity index (χ4v) is 7.61. The highest BCUT2D eigenvalue weighted by molar-refractivity contribution is 5.83. The molecule has 1 saturated carbocycles. The minimum atomic E-state index is -1.30. The molecule has 46 heavy (non-hydrogen) atoms. The molecule has 0 spiro atoms. The average Bonchev–Trinajstić information content (AvgIpc) is 2.96. The lowest BCUT2D eigenvalue weighted by Gasteiger charge is -2.44. The number of carbonyl (C=O) groups excluding carboxylic acids is 3. The molecular formula is C36H62O10. The molecule has 2 N–H and O–H groups in total. The summed E-state index contributed by atoms with van der Waals surface area (Å²) in [4.78, 5) is 53.2. The van der Waals surface area contributed by atoms with Gasteiger partial charge in [0.05, 0.1) is 41.5 Å². The largest absolute Gasteiger partial charge is 0.481 e. The molecular weight excluding hydrogens is 592 g/mol. The minimum Gasteiger partial charge on any atom is -0.481 e. The number of aliphatic carboxylic acids is 1. The van der Waals surface area contributed by atoms with Gasteiger partial charge >= 0.3 is 23.9 Å². The summed E-state index contributed by atoms with van der Waals surface area (Å²) in [5.41, 5.74) is -5.55. The van der Waals surface area contributed by atoms with Gasteiger partial charge < -0.3 is 29.2 Å². The maximum atomic E-state index is 13.9. The van der Waals surface area contributed by atoms with Gasteiger partial charge in [-0.2, -0.15) is 0 Å². The standard InChI is InChI=1S/C36H62O10/c1-11-34(7,28(38)39)18-14-19-35(8,31(42)45-27-15-12-13-20-44-27)23-36(9,30(41)43-10)22-32(3,4)29(40)46-33(5,6)25-17-16-24(2)21-26(25)37/h24-27,37H,11-23H2,1-10H3,(H,38,39). The van der Waals surface area contributed by atoms with Crippen molar-refractivity contribution in [2.24, 2.45) is 33.5 Å². The first-order chi connectivity index (χ1) is 21.1. The Bertz CT molecular complexity index is 1060. The Hall–Kier alpha value is -2.20. The number of ether oxygens (including phenoxy) is 4. The van der Waals surface area contributed by atoms with Crippen LogP contribution in [-0.4, -0.2) is 65.8 Å². The fourth-order valence-electron chi connectivity index (χ4n) is 7.61. The number of methoxy groups -OCH3 is 1. The van der Waals surface area contributed by atoms with Gasteiger partial charge in [-0.25, -0.2) is 0 Å². The lowest BCUT2D eigenvalue weighted by Crippen LogP contribution is -2.49. The topological polar surface area (TPSA) is 146 Å². The van der Waals surface area contributed by atoms with Gasteiger partial charge in [-0.1, -0.05) is 26.7 Å². The van der Waals surface area contributed by atoms with Crippen LogP contribution in [0.4, 0.5) is 0 Å². The molecule has 7 unspecified atom stereocenters. The van der Waals surface area contributed by atoms with Crippen LogP contribution in [0.3, 0.4) is 0 Å². The SMILES string of the molecule is CCC(C)(CCCC(C)(CC(C)(CC(C)(C)C(=O)OC(C)(C)C1CCC(C)CC1O)C(=O)OC)C(=O)OC1CCCCO1)C(=O)O. The highest BCUT2D eigenvalue weighted by Gasteiger charge is 2.52. The van der Waals surface area contributed by atoms with Crippen LogP contribution in [0.5, 0.6) is 0 Å². The van der Waals surface area contributed by atoms with E-state index < -0.39 is 63.5 Å². The van der Waals surface area contributed by atoms with Gasteiger partial charge in [0.25, 0.3) is 0 Å². The monoisotopic (exact) mass is 654 g/mol. The van der Waals surface area contributed by atoms with Crippen molar-refractivity contribution in [2.45, 2.75) is 157 Å². The molecule has 2 fully saturated rings. The van der Waals surface area contributed by atoms with E-state index in [0.717, 1.165) is 25.7 Å². The zero-order valence-electron chi connectivity index (χ0n) is 30.2. The van der Waals surface area contributed by atoms with Crippen molar-refractivity contribution in [2.75, 3.05) is 13.7 Å². The number of esters is 3. The summed E-state index contributed by atoms with van der Waals surface area (Å²) in [6, 6.07) is 0. The Morgan fingerprint density at radius 1 is 0.826 bits per heavy atom. The van der Waals surface area contributed by atoms with Crippen LogP contribution in [0.1, 0.15) is 139 Å². The van der Waals surface area contributed by atoms with Crippen molar-refractivity contribution in [3.05, 3.63) is 0 Å². The third-order valence-corrected chi connectivity index (χ3v) is 10.8. The van der Waals surface area contributed by atoms with Crippen molar-refractivity contribution >= 4 is 23.9 Å². The zero-order valence-corrected chi connectivity index (χ0v) is 30.2. The van der Waals surface area contributed by atoms with Crippen molar-refractivity contribution in [1.29, 1.82) is 0 Å². The van der Waals surface area contributed by atoms with E-state index in [0.29, 0.717) is 44.6 Å². The van der Waals surface area contributed by atoms with Crippen LogP contribution in [-0.2, 0) is 38.1 Å². The first-order valence-electron chi connectivity index (χ1n) is 17.2. The number of rotatable bonds is 16. The predicted octanol–water partition coefficient (Wildman–Crippen LogP) is 6.84. The quantitative estimate of drug-likeness (QED) is 0.134. The number of carboxylic acid groups (broad SMARTS) is 1. The van der Waals surface area contributed by atoms with Gasteiger partial charge in [-0.05, 0) is 112 Å². The Labute approximate surface area is 276 Å². The summed E-state index contributed by atoms with van der Waals surface area (Å²) in [6.45, 7) is 16.6. The molecule has 1 aliphatic heterocycles. The molecule has 1 heterocycles. The second-order valence-electron chi connectivity index (χ2n) is 16.2. The summed E-state index contributed by atoms with van der Waals surface area (Å²) < 4.78 is 22.9. The lowest BCUT2D eigenvalue weighted by atomic mass is 9.64. The molecule has 2 rings (SSSR count). The molecule has 1 saturated heterocycles. The van der Waals surface area contributed by atoms with Crippen molar-refractivity contribution in [1.82, 2.24) is 0 Å². The summed E-state index contributed by atoms with van der Waals surface area (Å²) in [7, 11) is 1.28. The first kappa shape index (κ1) is 40.0. The normalized spacial score (nSPS) is 26.5.